The molecule has 0 aromatic heterocycles. The quantitative estimate of drug-likeness (QED) is 0.634. The standard InChI is InChI=1S/C12H21N3O2/c1-8(11(16)15-10-4-5-10)14-12(17)9-3-2-6-13-7-9/h8-10,13H,2-7H2,1H3,(H,14,17)(H,15,16)/t8?,9-/m0/s1. The van der Waals surface area contributed by atoms with E-state index in [9.17, 15) is 9.59 Å². The summed E-state index contributed by atoms with van der Waals surface area (Å²) < 4.78 is 0. The van der Waals surface area contributed by atoms with Gasteiger partial charge in [0.2, 0.25) is 11.8 Å². The van der Waals surface area contributed by atoms with E-state index in [2.05, 4.69) is 16.0 Å². The Morgan fingerprint density at radius 3 is 2.65 bits per heavy atom. The van der Waals surface area contributed by atoms with Crippen LogP contribution >= 0.6 is 0 Å². The Labute approximate surface area is 102 Å². The molecule has 1 saturated heterocycles. The van der Waals surface area contributed by atoms with Gasteiger partial charge in [0, 0.05) is 12.6 Å². The highest BCUT2D eigenvalue weighted by Crippen LogP contribution is 2.18. The minimum absolute atomic E-state index is 0.00403. The SMILES string of the molecule is CC(NC(=O)[C@H]1CCCNC1)C(=O)NC1CC1. The maximum atomic E-state index is 11.9. The molecule has 1 unspecified atom stereocenters. The molecule has 17 heavy (non-hydrogen) atoms. The van der Waals surface area contributed by atoms with Crippen molar-refractivity contribution in [3.63, 3.8) is 0 Å². The molecular weight excluding hydrogens is 218 g/mol. The third-order valence-corrected chi connectivity index (χ3v) is 3.34. The van der Waals surface area contributed by atoms with E-state index in [1.165, 1.54) is 0 Å². The van der Waals surface area contributed by atoms with Crippen molar-refractivity contribution in [3.05, 3.63) is 0 Å². The Morgan fingerprint density at radius 2 is 2.06 bits per heavy atom. The number of amides is 2. The summed E-state index contributed by atoms with van der Waals surface area (Å²) in [5, 5.41) is 8.88. The lowest BCUT2D eigenvalue weighted by Gasteiger charge is -2.23. The first kappa shape index (κ1) is 12.4. The molecule has 0 aromatic carbocycles. The summed E-state index contributed by atoms with van der Waals surface area (Å²) in [6.45, 7) is 3.45. The van der Waals surface area contributed by atoms with Gasteiger partial charge in [-0.3, -0.25) is 9.59 Å². The van der Waals surface area contributed by atoms with Gasteiger partial charge in [-0.05, 0) is 39.2 Å². The van der Waals surface area contributed by atoms with Gasteiger partial charge in [-0.1, -0.05) is 0 Å². The topological polar surface area (TPSA) is 70.2 Å². The number of nitrogens with one attached hydrogen (secondary N) is 3. The van der Waals surface area contributed by atoms with E-state index >= 15 is 0 Å². The minimum Gasteiger partial charge on any atom is -0.352 e. The van der Waals surface area contributed by atoms with Crippen LogP contribution in [0, 0.1) is 5.92 Å². The molecule has 5 heteroatoms. The highest BCUT2D eigenvalue weighted by atomic mass is 16.2. The molecule has 2 fully saturated rings. The Hall–Kier alpha value is -1.10. The fourth-order valence-electron chi connectivity index (χ4n) is 2.03. The van der Waals surface area contributed by atoms with Gasteiger partial charge < -0.3 is 16.0 Å². The first-order valence-electron chi connectivity index (χ1n) is 6.48. The summed E-state index contributed by atoms with van der Waals surface area (Å²) in [5.74, 6) is -0.0554. The molecule has 5 nitrogen and oxygen atoms in total. The van der Waals surface area contributed by atoms with Gasteiger partial charge in [0.15, 0.2) is 0 Å². The molecular formula is C12H21N3O2. The number of carbonyl (C=O) groups is 2. The molecule has 1 saturated carbocycles. The van der Waals surface area contributed by atoms with Crippen molar-refractivity contribution in [3.8, 4) is 0 Å². The van der Waals surface area contributed by atoms with Crippen LogP contribution in [0.25, 0.3) is 0 Å². The van der Waals surface area contributed by atoms with E-state index in [0.717, 1.165) is 38.8 Å². The molecule has 1 aliphatic heterocycles. The van der Waals surface area contributed by atoms with Gasteiger partial charge in [-0.25, -0.2) is 0 Å². The molecule has 96 valence electrons. The van der Waals surface area contributed by atoms with Crippen molar-refractivity contribution in [2.24, 2.45) is 5.92 Å². The first-order valence-corrected chi connectivity index (χ1v) is 6.48. The van der Waals surface area contributed by atoms with Crippen molar-refractivity contribution in [2.45, 2.75) is 44.7 Å². The number of carbonyl (C=O) groups excluding carboxylic acids is 2. The van der Waals surface area contributed by atoms with Gasteiger partial charge >= 0.3 is 0 Å². The van der Waals surface area contributed by atoms with E-state index in [4.69, 9.17) is 0 Å². The highest BCUT2D eigenvalue weighted by Gasteiger charge is 2.28. The fourth-order valence-corrected chi connectivity index (χ4v) is 2.03. The van der Waals surface area contributed by atoms with Crippen molar-refractivity contribution in [1.29, 1.82) is 0 Å². The predicted octanol–water partition coefficient (Wildman–Crippen LogP) is -0.231. The van der Waals surface area contributed by atoms with Crippen LogP contribution in [0.3, 0.4) is 0 Å². The molecule has 1 heterocycles. The van der Waals surface area contributed by atoms with Crippen LogP contribution < -0.4 is 16.0 Å². The van der Waals surface area contributed by atoms with Crippen LogP contribution in [0.15, 0.2) is 0 Å². The summed E-state index contributed by atoms with van der Waals surface area (Å²) in [7, 11) is 0. The Kier molecular flexibility index (Phi) is 3.99. The molecule has 0 radical (unpaired) electrons. The van der Waals surface area contributed by atoms with Crippen LogP contribution in [0.4, 0.5) is 0 Å². The average molecular weight is 239 g/mol. The van der Waals surface area contributed by atoms with E-state index in [1.807, 2.05) is 0 Å². The smallest absolute Gasteiger partial charge is 0.242 e. The zero-order valence-corrected chi connectivity index (χ0v) is 10.3. The van der Waals surface area contributed by atoms with Gasteiger partial charge in [0.25, 0.3) is 0 Å². The Bertz CT molecular complexity index is 296. The number of rotatable bonds is 4. The molecule has 3 N–H and O–H groups in total. The van der Waals surface area contributed by atoms with E-state index in [-0.39, 0.29) is 17.7 Å². The summed E-state index contributed by atoms with van der Waals surface area (Å²) in [4.78, 5) is 23.6. The van der Waals surface area contributed by atoms with Crippen LogP contribution in [0.1, 0.15) is 32.6 Å². The predicted molar refractivity (Wildman–Crippen MR) is 64.4 cm³/mol. The maximum Gasteiger partial charge on any atom is 0.242 e. The van der Waals surface area contributed by atoms with Crippen LogP contribution in [-0.4, -0.2) is 37.0 Å². The lowest BCUT2D eigenvalue weighted by Crippen LogP contribution is -2.49. The number of hydrogen-bond donors (Lipinski definition) is 3. The number of hydrogen-bond acceptors (Lipinski definition) is 3. The molecule has 0 bridgehead atoms. The zero-order chi connectivity index (χ0) is 12.3. The van der Waals surface area contributed by atoms with Gasteiger partial charge in [0.05, 0.1) is 5.92 Å². The van der Waals surface area contributed by atoms with Crippen LogP contribution in [0.2, 0.25) is 0 Å². The lowest BCUT2D eigenvalue weighted by molar-refractivity contribution is -0.131. The van der Waals surface area contributed by atoms with Crippen LogP contribution in [-0.2, 0) is 9.59 Å². The van der Waals surface area contributed by atoms with E-state index in [0.29, 0.717) is 6.04 Å². The van der Waals surface area contributed by atoms with Crippen molar-refractivity contribution >= 4 is 11.8 Å². The molecule has 0 aromatic rings. The lowest BCUT2D eigenvalue weighted by atomic mass is 9.98. The monoisotopic (exact) mass is 239 g/mol. The Morgan fingerprint density at radius 1 is 1.29 bits per heavy atom. The van der Waals surface area contributed by atoms with Crippen molar-refractivity contribution in [2.75, 3.05) is 13.1 Å². The third-order valence-electron chi connectivity index (χ3n) is 3.34. The fraction of sp³-hybridized carbons (Fsp3) is 0.833. The third kappa shape index (κ3) is 3.70. The molecule has 2 atom stereocenters. The second-order valence-electron chi connectivity index (χ2n) is 5.06. The van der Waals surface area contributed by atoms with Gasteiger partial charge in [-0.2, -0.15) is 0 Å². The zero-order valence-electron chi connectivity index (χ0n) is 10.3. The average Bonchev–Trinajstić information content (AvgIpc) is 3.14. The second-order valence-corrected chi connectivity index (χ2v) is 5.06. The van der Waals surface area contributed by atoms with Crippen molar-refractivity contribution < 1.29 is 9.59 Å². The summed E-state index contributed by atoms with van der Waals surface area (Å²) >= 11 is 0. The van der Waals surface area contributed by atoms with E-state index < -0.39 is 6.04 Å². The highest BCUT2D eigenvalue weighted by molar-refractivity contribution is 5.88. The molecule has 1 aliphatic carbocycles. The summed E-state index contributed by atoms with van der Waals surface area (Å²) in [6.07, 6.45) is 4.08. The van der Waals surface area contributed by atoms with Gasteiger partial charge in [0.1, 0.15) is 6.04 Å². The van der Waals surface area contributed by atoms with Crippen LogP contribution in [0.5, 0.6) is 0 Å². The first-order chi connectivity index (χ1) is 8.16. The van der Waals surface area contributed by atoms with Gasteiger partial charge in [-0.15, -0.1) is 0 Å². The normalized spacial score (nSPS) is 26.1. The minimum atomic E-state index is -0.426. The maximum absolute atomic E-state index is 11.9. The molecule has 0 spiro atoms. The Balaban J connectivity index is 1.73. The number of piperidine rings is 1. The summed E-state index contributed by atoms with van der Waals surface area (Å²) in [5.41, 5.74) is 0. The van der Waals surface area contributed by atoms with E-state index in [1.54, 1.807) is 6.92 Å². The summed E-state index contributed by atoms with van der Waals surface area (Å²) in [6, 6.07) is -0.0803. The second kappa shape index (κ2) is 5.49. The molecule has 2 aliphatic rings. The molecule has 2 amide bonds. The van der Waals surface area contributed by atoms with Crippen molar-refractivity contribution in [1.82, 2.24) is 16.0 Å². The molecule has 2 rings (SSSR count). The largest absolute Gasteiger partial charge is 0.352 e.